The molecule has 2 heterocycles. The third kappa shape index (κ3) is 2.39. The summed E-state index contributed by atoms with van der Waals surface area (Å²) in [6, 6.07) is 6.38. The van der Waals surface area contributed by atoms with Crippen molar-refractivity contribution >= 4 is 28.9 Å². The minimum atomic E-state index is -0.986. The molecule has 22 heavy (non-hydrogen) atoms. The van der Waals surface area contributed by atoms with Crippen molar-refractivity contribution in [2.45, 2.75) is 12.3 Å². The molecule has 3 N–H and O–H groups in total. The number of anilines is 1. The largest absolute Gasteiger partial charge is 0.504 e. The molecule has 2 aromatic rings. The van der Waals surface area contributed by atoms with Gasteiger partial charge in [0.05, 0.1) is 7.11 Å². The van der Waals surface area contributed by atoms with Gasteiger partial charge in [0, 0.05) is 29.0 Å². The summed E-state index contributed by atoms with van der Waals surface area (Å²) in [6.45, 7) is 0. The highest BCUT2D eigenvalue weighted by Gasteiger charge is 2.29. The molecule has 0 fully saturated rings. The van der Waals surface area contributed by atoms with Crippen molar-refractivity contribution in [3.8, 4) is 11.5 Å². The van der Waals surface area contributed by atoms with Gasteiger partial charge >= 0.3 is 5.97 Å². The summed E-state index contributed by atoms with van der Waals surface area (Å²) in [5.74, 6) is -1.15. The lowest BCUT2D eigenvalue weighted by Gasteiger charge is -2.25. The predicted molar refractivity (Wildman–Crippen MR) is 81.0 cm³/mol. The number of carbonyl (C=O) groups excluding carboxylic acids is 1. The SMILES string of the molecule is COc1cc2c(cc1O)NC(=O)C[C@H]2c1ccc(C(=O)O)s1. The van der Waals surface area contributed by atoms with Crippen LogP contribution in [0.25, 0.3) is 0 Å². The molecule has 0 radical (unpaired) electrons. The minimum absolute atomic E-state index is 0.0559. The quantitative estimate of drug-likeness (QED) is 0.808. The zero-order chi connectivity index (χ0) is 15.9. The molecule has 1 aromatic carbocycles. The summed E-state index contributed by atoms with van der Waals surface area (Å²) >= 11 is 1.15. The number of carboxylic acids is 1. The first-order chi connectivity index (χ1) is 10.5. The number of hydrogen-bond acceptors (Lipinski definition) is 5. The highest BCUT2D eigenvalue weighted by atomic mass is 32.1. The van der Waals surface area contributed by atoms with Crippen molar-refractivity contribution in [3.63, 3.8) is 0 Å². The van der Waals surface area contributed by atoms with E-state index >= 15 is 0 Å². The van der Waals surface area contributed by atoms with Crippen LogP contribution in [0.1, 0.15) is 32.5 Å². The van der Waals surface area contributed by atoms with Gasteiger partial charge in [0.25, 0.3) is 0 Å². The Morgan fingerprint density at radius 1 is 1.41 bits per heavy atom. The van der Waals surface area contributed by atoms with Gasteiger partial charge < -0.3 is 20.3 Å². The predicted octanol–water partition coefficient (Wildman–Crippen LogP) is 2.63. The molecule has 0 bridgehead atoms. The van der Waals surface area contributed by atoms with Crippen LogP contribution in [0.15, 0.2) is 24.3 Å². The number of ether oxygens (including phenoxy) is 1. The van der Waals surface area contributed by atoms with E-state index in [0.29, 0.717) is 11.4 Å². The standard InChI is InChI=1S/C15H13NO5S/c1-21-11-4-7-8(12-2-3-13(22-12)15(19)20)5-14(18)16-9(7)6-10(11)17/h2-4,6,8,17H,5H2,1H3,(H,16,18)(H,19,20)/t8-/m1/s1. The number of phenols is 1. The summed E-state index contributed by atoms with van der Waals surface area (Å²) in [6.07, 6.45) is 0.223. The number of amides is 1. The van der Waals surface area contributed by atoms with Crippen molar-refractivity contribution in [3.05, 3.63) is 39.6 Å². The van der Waals surface area contributed by atoms with Crippen molar-refractivity contribution in [1.82, 2.24) is 0 Å². The molecular formula is C15H13NO5S. The van der Waals surface area contributed by atoms with E-state index in [-0.39, 0.29) is 28.9 Å². The number of benzene rings is 1. The number of nitrogens with one attached hydrogen (secondary N) is 1. The maximum Gasteiger partial charge on any atom is 0.345 e. The lowest BCUT2D eigenvalue weighted by molar-refractivity contribution is -0.116. The second-order valence-corrected chi connectivity index (χ2v) is 6.04. The number of phenolic OH excluding ortho intramolecular Hbond substituents is 1. The first-order valence-corrected chi connectivity index (χ1v) is 7.35. The summed E-state index contributed by atoms with van der Waals surface area (Å²) in [5.41, 5.74) is 1.32. The number of fused-ring (bicyclic) bond motifs is 1. The van der Waals surface area contributed by atoms with Gasteiger partial charge in [-0.2, -0.15) is 0 Å². The molecule has 0 unspecified atom stereocenters. The zero-order valence-corrected chi connectivity index (χ0v) is 12.4. The molecule has 1 aliphatic heterocycles. The van der Waals surface area contributed by atoms with Crippen LogP contribution in [-0.2, 0) is 4.79 Å². The fourth-order valence-electron chi connectivity index (χ4n) is 2.55. The number of rotatable bonds is 3. The lowest BCUT2D eigenvalue weighted by Crippen LogP contribution is -2.23. The summed E-state index contributed by atoms with van der Waals surface area (Å²) < 4.78 is 5.11. The molecule has 6 nitrogen and oxygen atoms in total. The van der Waals surface area contributed by atoms with Gasteiger partial charge in [-0.25, -0.2) is 4.79 Å². The second kappa shape index (κ2) is 5.34. The third-order valence-electron chi connectivity index (χ3n) is 3.57. The molecule has 1 atom stereocenters. The first-order valence-electron chi connectivity index (χ1n) is 6.53. The Kier molecular flexibility index (Phi) is 3.50. The van der Waals surface area contributed by atoms with E-state index in [4.69, 9.17) is 9.84 Å². The van der Waals surface area contributed by atoms with Gasteiger partial charge in [-0.05, 0) is 23.8 Å². The van der Waals surface area contributed by atoms with Crippen LogP contribution in [0.2, 0.25) is 0 Å². The van der Waals surface area contributed by atoms with Crippen LogP contribution in [0.3, 0.4) is 0 Å². The number of carbonyl (C=O) groups is 2. The van der Waals surface area contributed by atoms with Crippen molar-refractivity contribution < 1.29 is 24.5 Å². The third-order valence-corrected chi connectivity index (χ3v) is 4.76. The Balaban J connectivity index is 2.09. The van der Waals surface area contributed by atoms with Crippen molar-refractivity contribution in [2.75, 3.05) is 12.4 Å². The van der Waals surface area contributed by atoms with E-state index in [1.807, 2.05) is 0 Å². The van der Waals surface area contributed by atoms with Crippen molar-refractivity contribution in [2.24, 2.45) is 0 Å². The number of hydrogen-bond donors (Lipinski definition) is 3. The molecule has 0 spiro atoms. The maximum atomic E-state index is 11.9. The van der Waals surface area contributed by atoms with Gasteiger partial charge in [0.2, 0.25) is 5.91 Å². The normalized spacial score (nSPS) is 16.8. The highest BCUT2D eigenvalue weighted by molar-refractivity contribution is 7.14. The molecule has 0 saturated carbocycles. The molecule has 1 amide bonds. The Morgan fingerprint density at radius 2 is 2.18 bits per heavy atom. The van der Waals surface area contributed by atoms with E-state index < -0.39 is 5.97 Å². The highest BCUT2D eigenvalue weighted by Crippen LogP contribution is 2.44. The molecule has 0 aliphatic carbocycles. The van der Waals surface area contributed by atoms with Gasteiger partial charge in [-0.15, -0.1) is 11.3 Å². The summed E-state index contributed by atoms with van der Waals surface area (Å²) in [5, 5.41) is 21.6. The van der Waals surface area contributed by atoms with Crippen LogP contribution >= 0.6 is 11.3 Å². The monoisotopic (exact) mass is 319 g/mol. The lowest BCUT2D eigenvalue weighted by atomic mass is 9.89. The molecule has 3 rings (SSSR count). The fraction of sp³-hybridized carbons (Fsp3) is 0.200. The molecule has 0 saturated heterocycles. The van der Waals surface area contributed by atoms with Crippen LogP contribution in [0, 0.1) is 0 Å². The van der Waals surface area contributed by atoms with E-state index in [1.54, 1.807) is 12.1 Å². The van der Waals surface area contributed by atoms with E-state index in [9.17, 15) is 14.7 Å². The van der Waals surface area contributed by atoms with Gasteiger partial charge in [-0.1, -0.05) is 0 Å². The smallest absolute Gasteiger partial charge is 0.345 e. The van der Waals surface area contributed by atoms with E-state index in [0.717, 1.165) is 21.8 Å². The van der Waals surface area contributed by atoms with Crippen LogP contribution < -0.4 is 10.1 Å². The molecule has 7 heteroatoms. The number of thiophene rings is 1. The average molecular weight is 319 g/mol. The second-order valence-electron chi connectivity index (χ2n) is 4.92. The van der Waals surface area contributed by atoms with Crippen LogP contribution in [0.4, 0.5) is 5.69 Å². The van der Waals surface area contributed by atoms with Gasteiger partial charge in [-0.3, -0.25) is 4.79 Å². The van der Waals surface area contributed by atoms with Crippen LogP contribution in [-0.4, -0.2) is 29.2 Å². The summed E-state index contributed by atoms with van der Waals surface area (Å²) in [4.78, 5) is 23.9. The van der Waals surface area contributed by atoms with Gasteiger partial charge in [0.15, 0.2) is 11.5 Å². The van der Waals surface area contributed by atoms with Crippen molar-refractivity contribution in [1.29, 1.82) is 0 Å². The Hall–Kier alpha value is -2.54. The topological polar surface area (TPSA) is 95.9 Å². The van der Waals surface area contributed by atoms with Gasteiger partial charge in [0.1, 0.15) is 4.88 Å². The zero-order valence-electron chi connectivity index (χ0n) is 11.6. The van der Waals surface area contributed by atoms with E-state index in [2.05, 4.69) is 5.32 Å². The Labute approximate surface area is 130 Å². The Morgan fingerprint density at radius 3 is 2.82 bits per heavy atom. The summed E-state index contributed by atoms with van der Waals surface area (Å²) in [7, 11) is 1.45. The molecule has 1 aliphatic rings. The fourth-order valence-corrected chi connectivity index (χ4v) is 3.52. The first kappa shape index (κ1) is 14.4. The molecular weight excluding hydrogens is 306 g/mol. The number of aromatic hydroxyl groups is 1. The minimum Gasteiger partial charge on any atom is -0.504 e. The molecule has 114 valence electrons. The average Bonchev–Trinajstić information content (AvgIpc) is 2.95. The number of methoxy groups -OCH3 is 1. The maximum absolute atomic E-state index is 11.9. The number of carboxylic acid groups (broad SMARTS) is 1. The number of aromatic carboxylic acids is 1. The van der Waals surface area contributed by atoms with E-state index in [1.165, 1.54) is 19.2 Å². The van der Waals surface area contributed by atoms with Crippen LogP contribution in [0.5, 0.6) is 11.5 Å². The molecule has 1 aromatic heterocycles. The Bertz CT molecular complexity index is 767.